The highest BCUT2D eigenvalue weighted by Gasteiger charge is 2.14. The number of halogens is 1. The molecular formula is C17H23FN2O. The van der Waals surface area contributed by atoms with Crippen molar-refractivity contribution in [1.29, 1.82) is 0 Å². The zero-order valence-electron chi connectivity index (χ0n) is 12.7. The molecule has 0 fully saturated rings. The Kier molecular flexibility index (Phi) is 5.39. The molecule has 2 rings (SSSR count). The molecular weight excluding hydrogens is 267 g/mol. The van der Waals surface area contributed by atoms with Gasteiger partial charge in [-0.1, -0.05) is 6.92 Å². The highest BCUT2D eigenvalue weighted by atomic mass is 19.1. The molecule has 0 spiro atoms. The summed E-state index contributed by atoms with van der Waals surface area (Å²) in [6.07, 6.45) is 3.22. The fraction of sp³-hybridized carbons (Fsp3) is 0.412. The summed E-state index contributed by atoms with van der Waals surface area (Å²) in [4.78, 5) is 2.18. The molecule has 0 saturated carbocycles. The van der Waals surface area contributed by atoms with Crippen molar-refractivity contribution in [1.82, 2.24) is 0 Å². The molecule has 0 amide bonds. The molecule has 0 bridgehead atoms. The van der Waals surface area contributed by atoms with Crippen molar-refractivity contribution >= 4 is 5.69 Å². The molecule has 1 atom stereocenters. The third kappa shape index (κ3) is 4.08. The quantitative estimate of drug-likeness (QED) is 0.845. The van der Waals surface area contributed by atoms with Gasteiger partial charge in [0.1, 0.15) is 11.6 Å². The summed E-state index contributed by atoms with van der Waals surface area (Å²) in [5.74, 6) is 0.679. The van der Waals surface area contributed by atoms with Gasteiger partial charge in [-0.05, 0) is 55.7 Å². The number of nitrogens with two attached hydrogens (primary N) is 1. The minimum absolute atomic E-state index is 0.0490. The maximum absolute atomic E-state index is 13.6. The van der Waals surface area contributed by atoms with E-state index in [1.165, 1.54) is 6.07 Å². The molecule has 1 aromatic carbocycles. The predicted octanol–water partition coefficient (Wildman–Crippen LogP) is 3.73. The van der Waals surface area contributed by atoms with E-state index in [4.69, 9.17) is 10.2 Å². The molecule has 2 aromatic rings. The van der Waals surface area contributed by atoms with Crippen molar-refractivity contribution in [2.75, 3.05) is 11.4 Å². The van der Waals surface area contributed by atoms with E-state index < -0.39 is 0 Å². The second kappa shape index (κ2) is 7.27. The number of benzene rings is 1. The van der Waals surface area contributed by atoms with Crippen molar-refractivity contribution in [3.05, 3.63) is 53.7 Å². The first-order valence-corrected chi connectivity index (χ1v) is 7.45. The molecule has 21 heavy (non-hydrogen) atoms. The van der Waals surface area contributed by atoms with Crippen LogP contribution in [0.25, 0.3) is 0 Å². The van der Waals surface area contributed by atoms with Crippen LogP contribution in [0.2, 0.25) is 0 Å². The van der Waals surface area contributed by atoms with Gasteiger partial charge < -0.3 is 15.1 Å². The summed E-state index contributed by atoms with van der Waals surface area (Å²) >= 11 is 0. The highest BCUT2D eigenvalue weighted by Crippen LogP contribution is 2.25. The molecule has 0 aliphatic heterocycles. The lowest BCUT2D eigenvalue weighted by molar-refractivity contribution is 0.503. The van der Waals surface area contributed by atoms with Crippen LogP contribution in [0.15, 0.2) is 41.0 Å². The van der Waals surface area contributed by atoms with Crippen molar-refractivity contribution in [2.45, 2.75) is 39.3 Å². The van der Waals surface area contributed by atoms with Gasteiger partial charge in [-0.25, -0.2) is 4.39 Å². The van der Waals surface area contributed by atoms with Crippen molar-refractivity contribution in [3.63, 3.8) is 0 Å². The third-order valence-corrected chi connectivity index (χ3v) is 3.70. The van der Waals surface area contributed by atoms with Crippen LogP contribution in [0.5, 0.6) is 0 Å². The van der Waals surface area contributed by atoms with Gasteiger partial charge in [-0.15, -0.1) is 0 Å². The average Bonchev–Trinajstić information content (AvgIpc) is 2.98. The van der Waals surface area contributed by atoms with E-state index in [0.717, 1.165) is 30.0 Å². The van der Waals surface area contributed by atoms with E-state index >= 15 is 0 Å². The molecule has 1 heterocycles. The van der Waals surface area contributed by atoms with Gasteiger partial charge in [0.25, 0.3) is 0 Å². The Morgan fingerprint density at radius 1 is 1.29 bits per heavy atom. The van der Waals surface area contributed by atoms with Crippen LogP contribution in [-0.4, -0.2) is 12.6 Å². The zero-order chi connectivity index (χ0) is 15.2. The molecule has 0 saturated heterocycles. The van der Waals surface area contributed by atoms with Gasteiger partial charge in [0.2, 0.25) is 0 Å². The number of rotatable bonds is 7. The van der Waals surface area contributed by atoms with Gasteiger partial charge in [0.05, 0.1) is 12.8 Å². The Hall–Kier alpha value is -1.81. The van der Waals surface area contributed by atoms with E-state index in [1.807, 2.05) is 25.1 Å². The Balaban J connectivity index is 2.26. The topological polar surface area (TPSA) is 42.4 Å². The Morgan fingerprint density at radius 2 is 2.10 bits per heavy atom. The van der Waals surface area contributed by atoms with E-state index in [0.29, 0.717) is 13.0 Å². The molecule has 0 aliphatic rings. The van der Waals surface area contributed by atoms with E-state index in [2.05, 4.69) is 11.8 Å². The van der Waals surface area contributed by atoms with Crippen LogP contribution in [-0.2, 0) is 13.0 Å². The molecule has 4 heteroatoms. The maximum Gasteiger partial charge on any atom is 0.123 e. The van der Waals surface area contributed by atoms with Crippen LogP contribution in [0.3, 0.4) is 0 Å². The number of hydrogen-bond donors (Lipinski definition) is 1. The van der Waals surface area contributed by atoms with Gasteiger partial charge in [-0.2, -0.15) is 0 Å². The molecule has 3 nitrogen and oxygen atoms in total. The highest BCUT2D eigenvalue weighted by molar-refractivity contribution is 5.54. The zero-order valence-corrected chi connectivity index (χ0v) is 12.7. The number of furan rings is 1. The first-order chi connectivity index (χ1) is 10.1. The Morgan fingerprint density at radius 3 is 2.71 bits per heavy atom. The molecule has 0 aliphatic carbocycles. The monoisotopic (exact) mass is 290 g/mol. The van der Waals surface area contributed by atoms with Crippen molar-refractivity contribution in [2.24, 2.45) is 5.73 Å². The summed E-state index contributed by atoms with van der Waals surface area (Å²) in [6, 6.07) is 8.80. The van der Waals surface area contributed by atoms with Gasteiger partial charge in [-0.3, -0.25) is 0 Å². The lowest BCUT2D eigenvalue weighted by Crippen LogP contribution is -2.26. The predicted molar refractivity (Wildman–Crippen MR) is 83.8 cm³/mol. The Labute approximate surface area is 125 Å². The second-order valence-electron chi connectivity index (χ2n) is 5.24. The van der Waals surface area contributed by atoms with Crippen LogP contribution in [0.1, 0.15) is 31.6 Å². The summed E-state index contributed by atoms with van der Waals surface area (Å²) in [5.41, 5.74) is 8.03. The largest absolute Gasteiger partial charge is 0.467 e. The summed E-state index contributed by atoms with van der Waals surface area (Å²) in [6.45, 7) is 5.62. The van der Waals surface area contributed by atoms with Crippen molar-refractivity contribution < 1.29 is 8.81 Å². The fourth-order valence-corrected chi connectivity index (χ4v) is 2.41. The molecule has 1 aromatic heterocycles. The lowest BCUT2D eigenvalue weighted by atomic mass is 10.0. The SMILES string of the molecule is CCC(N)Cc1cc(F)ccc1N(CC)Cc1ccco1. The number of nitrogens with zero attached hydrogens (tertiary/aromatic N) is 1. The lowest BCUT2D eigenvalue weighted by Gasteiger charge is -2.26. The van der Waals surface area contributed by atoms with Crippen molar-refractivity contribution in [3.8, 4) is 0 Å². The third-order valence-electron chi connectivity index (χ3n) is 3.70. The second-order valence-corrected chi connectivity index (χ2v) is 5.24. The minimum atomic E-state index is -0.217. The van der Waals surface area contributed by atoms with Gasteiger partial charge >= 0.3 is 0 Å². The summed E-state index contributed by atoms with van der Waals surface area (Å²) in [5, 5.41) is 0. The van der Waals surface area contributed by atoms with Crippen LogP contribution in [0, 0.1) is 5.82 Å². The maximum atomic E-state index is 13.6. The van der Waals surface area contributed by atoms with E-state index in [-0.39, 0.29) is 11.9 Å². The number of anilines is 1. The number of hydrogen-bond acceptors (Lipinski definition) is 3. The minimum Gasteiger partial charge on any atom is -0.467 e. The summed E-state index contributed by atoms with van der Waals surface area (Å²) in [7, 11) is 0. The van der Waals surface area contributed by atoms with Gasteiger partial charge in [0, 0.05) is 18.3 Å². The fourth-order valence-electron chi connectivity index (χ4n) is 2.41. The molecule has 114 valence electrons. The molecule has 1 unspecified atom stereocenters. The van der Waals surface area contributed by atoms with E-state index in [9.17, 15) is 4.39 Å². The van der Waals surface area contributed by atoms with Crippen LogP contribution >= 0.6 is 0 Å². The van der Waals surface area contributed by atoms with Crippen LogP contribution in [0.4, 0.5) is 10.1 Å². The first-order valence-electron chi connectivity index (χ1n) is 7.45. The first kappa shape index (κ1) is 15.6. The van der Waals surface area contributed by atoms with Crippen LogP contribution < -0.4 is 10.6 Å². The Bertz CT molecular complexity index is 554. The molecule has 0 radical (unpaired) electrons. The standard InChI is InChI=1S/C17H23FN2O/c1-3-15(19)11-13-10-14(18)7-8-17(13)20(4-2)12-16-6-5-9-21-16/h5-10,15H,3-4,11-12,19H2,1-2H3. The average molecular weight is 290 g/mol. The smallest absolute Gasteiger partial charge is 0.123 e. The van der Waals surface area contributed by atoms with Gasteiger partial charge in [0.15, 0.2) is 0 Å². The van der Waals surface area contributed by atoms with E-state index in [1.54, 1.807) is 12.3 Å². The molecule has 2 N–H and O–H groups in total. The normalized spacial score (nSPS) is 12.4. The summed E-state index contributed by atoms with van der Waals surface area (Å²) < 4.78 is 19.0.